The minimum Gasteiger partial charge on any atom is -0.398 e. The number of benzene rings is 1. The van der Waals surface area contributed by atoms with Gasteiger partial charge in [0.2, 0.25) is 0 Å². The Balaban J connectivity index is 2.15. The molecule has 1 aromatic carbocycles. The number of rotatable bonds is 1. The maximum atomic E-state index is 12.3. The molecule has 2 aromatic heterocycles. The fourth-order valence-electron chi connectivity index (χ4n) is 1.92. The molecule has 3 rings (SSSR count). The van der Waals surface area contributed by atoms with E-state index in [1.54, 1.807) is 22.9 Å². The van der Waals surface area contributed by atoms with Crippen LogP contribution in [-0.2, 0) is 0 Å². The number of fused-ring (bicyclic) bond motifs is 1. The number of aromatic nitrogens is 1. The summed E-state index contributed by atoms with van der Waals surface area (Å²) in [7, 11) is 0. The van der Waals surface area contributed by atoms with Crippen LogP contribution in [0.4, 0.5) is 5.69 Å². The Hall–Kier alpha value is -1.78. The van der Waals surface area contributed by atoms with Gasteiger partial charge in [-0.25, -0.2) is 0 Å². The normalized spacial score (nSPS) is 10.9. The van der Waals surface area contributed by atoms with Crippen LogP contribution in [0.1, 0.15) is 9.67 Å². The van der Waals surface area contributed by atoms with Crippen LogP contribution in [0.5, 0.6) is 0 Å². The van der Waals surface area contributed by atoms with Gasteiger partial charge in [-0.1, -0.05) is 17.7 Å². The topological polar surface area (TPSA) is 48.0 Å². The van der Waals surface area contributed by atoms with Gasteiger partial charge in [0.05, 0.1) is 14.7 Å². The van der Waals surface area contributed by atoms with E-state index in [4.69, 9.17) is 17.3 Å². The number of thiophene rings is 1. The van der Waals surface area contributed by atoms with E-state index < -0.39 is 0 Å². The zero-order valence-corrected chi connectivity index (χ0v) is 10.8. The van der Waals surface area contributed by atoms with Crippen LogP contribution in [0.25, 0.3) is 10.9 Å². The zero-order valence-electron chi connectivity index (χ0n) is 9.26. The summed E-state index contributed by atoms with van der Waals surface area (Å²) in [6.45, 7) is 0. The van der Waals surface area contributed by atoms with E-state index in [1.807, 2.05) is 24.3 Å². The van der Waals surface area contributed by atoms with E-state index in [0.29, 0.717) is 14.9 Å². The predicted octanol–water partition coefficient (Wildman–Crippen LogP) is 3.63. The minimum atomic E-state index is -0.0903. The number of nitrogens with two attached hydrogens (primary N) is 1. The highest BCUT2D eigenvalue weighted by atomic mass is 35.5. The standard InChI is InChI=1S/C13H9ClN2OS/c14-12-5-4-11(18-12)13(17)16-7-6-8-9(15)2-1-3-10(8)16/h1-7H,15H2. The molecule has 0 spiro atoms. The second-order valence-corrected chi connectivity index (χ2v) is 5.59. The van der Waals surface area contributed by atoms with Crippen LogP contribution in [0.3, 0.4) is 0 Å². The minimum absolute atomic E-state index is 0.0903. The van der Waals surface area contributed by atoms with Crippen molar-refractivity contribution in [1.82, 2.24) is 4.57 Å². The summed E-state index contributed by atoms with van der Waals surface area (Å²) in [6.07, 6.45) is 1.73. The van der Waals surface area contributed by atoms with Crippen LogP contribution >= 0.6 is 22.9 Å². The van der Waals surface area contributed by atoms with Gasteiger partial charge in [0.1, 0.15) is 0 Å². The quantitative estimate of drug-likeness (QED) is 0.690. The summed E-state index contributed by atoms with van der Waals surface area (Å²) >= 11 is 7.12. The molecule has 18 heavy (non-hydrogen) atoms. The molecule has 0 saturated carbocycles. The van der Waals surface area contributed by atoms with Crippen LogP contribution in [-0.4, -0.2) is 10.5 Å². The largest absolute Gasteiger partial charge is 0.398 e. The van der Waals surface area contributed by atoms with Crippen molar-refractivity contribution in [1.29, 1.82) is 0 Å². The number of hydrogen-bond donors (Lipinski definition) is 1. The summed E-state index contributed by atoms with van der Waals surface area (Å²) in [4.78, 5) is 12.9. The number of anilines is 1. The Morgan fingerprint density at radius 1 is 1.22 bits per heavy atom. The van der Waals surface area contributed by atoms with Gasteiger partial charge in [0.15, 0.2) is 0 Å². The van der Waals surface area contributed by atoms with Crippen LogP contribution in [0, 0.1) is 0 Å². The first-order valence-electron chi connectivity index (χ1n) is 5.32. The molecule has 0 unspecified atom stereocenters. The lowest BCUT2D eigenvalue weighted by molar-refractivity contribution is 0.0969. The molecule has 0 aliphatic rings. The van der Waals surface area contributed by atoms with E-state index in [1.165, 1.54) is 11.3 Å². The summed E-state index contributed by atoms with van der Waals surface area (Å²) < 4.78 is 2.20. The molecule has 0 aliphatic carbocycles. The van der Waals surface area contributed by atoms with E-state index in [0.717, 1.165) is 10.9 Å². The molecule has 0 bridgehead atoms. The highest BCUT2D eigenvalue weighted by molar-refractivity contribution is 7.18. The highest BCUT2D eigenvalue weighted by Gasteiger charge is 2.14. The van der Waals surface area contributed by atoms with Crippen molar-refractivity contribution in [3.8, 4) is 0 Å². The van der Waals surface area contributed by atoms with Crippen molar-refractivity contribution in [2.24, 2.45) is 0 Å². The fourth-order valence-corrected chi connectivity index (χ4v) is 2.90. The third kappa shape index (κ3) is 1.70. The number of halogens is 1. The van der Waals surface area contributed by atoms with Gasteiger partial charge in [-0.2, -0.15) is 0 Å². The molecule has 0 atom stereocenters. The first-order chi connectivity index (χ1) is 8.66. The molecule has 5 heteroatoms. The zero-order chi connectivity index (χ0) is 12.7. The predicted molar refractivity (Wildman–Crippen MR) is 75.4 cm³/mol. The Morgan fingerprint density at radius 2 is 2.06 bits per heavy atom. The smallest absolute Gasteiger partial charge is 0.272 e. The second kappa shape index (κ2) is 4.15. The van der Waals surface area contributed by atoms with Crippen molar-refractivity contribution in [2.75, 3.05) is 5.73 Å². The fraction of sp³-hybridized carbons (Fsp3) is 0. The molecule has 0 fully saturated rings. The lowest BCUT2D eigenvalue weighted by Gasteiger charge is -2.02. The number of carbonyl (C=O) groups is 1. The summed E-state index contributed by atoms with van der Waals surface area (Å²) in [6, 6.07) is 10.8. The van der Waals surface area contributed by atoms with E-state index in [9.17, 15) is 4.79 Å². The van der Waals surface area contributed by atoms with Crippen molar-refractivity contribution in [3.63, 3.8) is 0 Å². The maximum absolute atomic E-state index is 12.3. The first-order valence-corrected chi connectivity index (χ1v) is 6.52. The number of hydrogen-bond acceptors (Lipinski definition) is 3. The molecule has 0 aliphatic heterocycles. The molecule has 3 aromatic rings. The number of carbonyl (C=O) groups excluding carboxylic acids is 1. The maximum Gasteiger partial charge on any atom is 0.272 e. The van der Waals surface area contributed by atoms with Crippen molar-refractivity contribution in [2.45, 2.75) is 0 Å². The van der Waals surface area contributed by atoms with Gasteiger partial charge in [-0.3, -0.25) is 9.36 Å². The van der Waals surface area contributed by atoms with Crippen LogP contribution in [0.2, 0.25) is 4.34 Å². The van der Waals surface area contributed by atoms with Crippen LogP contribution < -0.4 is 5.73 Å². The Morgan fingerprint density at radius 3 is 2.78 bits per heavy atom. The molecule has 0 amide bonds. The Kier molecular flexibility index (Phi) is 2.61. The van der Waals surface area contributed by atoms with Gasteiger partial charge < -0.3 is 5.73 Å². The molecule has 90 valence electrons. The lowest BCUT2D eigenvalue weighted by atomic mass is 10.2. The van der Waals surface area contributed by atoms with Crippen molar-refractivity contribution < 1.29 is 4.79 Å². The molecular formula is C13H9ClN2OS. The van der Waals surface area contributed by atoms with Gasteiger partial charge >= 0.3 is 0 Å². The molecule has 3 nitrogen and oxygen atoms in total. The van der Waals surface area contributed by atoms with E-state index in [-0.39, 0.29) is 5.91 Å². The second-order valence-electron chi connectivity index (χ2n) is 3.87. The third-order valence-corrected chi connectivity index (χ3v) is 3.99. The van der Waals surface area contributed by atoms with Gasteiger partial charge in [0.25, 0.3) is 5.91 Å². The molecule has 0 saturated heterocycles. The van der Waals surface area contributed by atoms with Crippen molar-refractivity contribution in [3.05, 3.63) is 51.8 Å². The number of nitrogens with zero attached hydrogens (tertiary/aromatic N) is 1. The van der Waals surface area contributed by atoms with Gasteiger partial charge in [0, 0.05) is 17.3 Å². The van der Waals surface area contributed by atoms with E-state index >= 15 is 0 Å². The third-order valence-electron chi connectivity index (χ3n) is 2.77. The van der Waals surface area contributed by atoms with Crippen LogP contribution in [0.15, 0.2) is 42.6 Å². The summed E-state index contributed by atoms with van der Waals surface area (Å²) in [5, 5.41) is 0.883. The summed E-state index contributed by atoms with van der Waals surface area (Å²) in [5.41, 5.74) is 7.35. The average molecular weight is 277 g/mol. The highest BCUT2D eigenvalue weighted by Crippen LogP contribution is 2.26. The molecule has 0 radical (unpaired) electrons. The Labute approximate surface area is 112 Å². The Bertz CT molecular complexity index is 744. The first kappa shape index (κ1) is 11.3. The molecule has 2 N–H and O–H groups in total. The molecular weight excluding hydrogens is 268 g/mol. The summed E-state index contributed by atoms with van der Waals surface area (Å²) in [5.74, 6) is -0.0903. The molecule has 2 heterocycles. The lowest BCUT2D eigenvalue weighted by Crippen LogP contribution is -2.08. The van der Waals surface area contributed by atoms with Gasteiger partial charge in [-0.15, -0.1) is 11.3 Å². The monoisotopic (exact) mass is 276 g/mol. The number of nitrogen functional groups attached to an aromatic ring is 1. The van der Waals surface area contributed by atoms with Crippen molar-refractivity contribution >= 4 is 45.4 Å². The van der Waals surface area contributed by atoms with Gasteiger partial charge in [-0.05, 0) is 30.3 Å². The van der Waals surface area contributed by atoms with E-state index in [2.05, 4.69) is 0 Å². The average Bonchev–Trinajstić information content (AvgIpc) is 2.95. The SMILES string of the molecule is Nc1cccc2c1ccn2C(=O)c1ccc(Cl)s1.